The van der Waals surface area contributed by atoms with E-state index in [0.29, 0.717) is 0 Å². The van der Waals surface area contributed by atoms with Crippen LogP contribution in [0.3, 0.4) is 0 Å². The Labute approximate surface area is 94.9 Å². The quantitative estimate of drug-likeness (QED) is 0.803. The van der Waals surface area contributed by atoms with Crippen LogP contribution in [0.25, 0.3) is 0 Å². The van der Waals surface area contributed by atoms with Crippen LogP contribution in [0.4, 0.5) is 0 Å². The third-order valence-electron chi connectivity index (χ3n) is 2.51. The van der Waals surface area contributed by atoms with Gasteiger partial charge in [-0.15, -0.1) is 12.4 Å². The molecule has 0 aromatic heterocycles. The van der Waals surface area contributed by atoms with Crippen molar-refractivity contribution in [2.45, 2.75) is 19.4 Å². The Hall–Kier alpha value is -1.06. The van der Waals surface area contributed by atoms with Crippen LogP contribution < -0.4 is 5.32 Å². The van der Waals surface area contributed by atoms with Crippen molar-refractivity contribution in [2.75, 3.05) is 6.54 Å². The molecule has 0 fully saturated rings. The lowest BCUT2D eigenvalue weighted by Crippen LogP contribution is -2.23. The van der Waals surface area contributed by atoms with Crippen molar-refractivity contribution < 1.29 is 9.90 Å². The summed E-state index contributed by atoms with van der Waals surface area (Å²) >= 11 is 0. The number of rotatable bonds is 2. The molecule has 1 aromatic rings. The molecule has 0 unspecified atom stereocenters. The molecule has 82 valence electrons. The molecule has 0 amide bonds. The van der Waals surface area contributed by atoms with E-state index in [0.717, 1.165) is 25.1 Å². The van der Waals surface area contributed by atoms with Gasteiger partial charge in [0.25, 0.3) is 0 Å². The number of carboxylic acids is 1. The third kappa shape index (κ3) is 2.94. The zero-order valence-corrected chi connectivity index (χ0v) is 9.14. The topological polar surface area (TPSA) is 49.3 Å². The van der Waals surface area contributed by atoms with Crippen molar-refractivity contribution in [3.05, 3.63) is 34.9 Å². The van der Waals surface area contributed by atoms with Gasteiger partial charge in [0.05, 0.1) is 6.42 Å². The van der Waals surface area contributed by atoms with Crippen LogP contribution in [0.15, 0.2) is 18.2 Å². The van der Waals surface area contributed by atoms with E-state index in [4.69, 9.17) is 5.11 Å². The van der Waals surface area contributed by atoms with E-state index < -0.39 is 5.97 Å². The van der Waals surface area contributed by atoms with Crippen LogP contribution in [0.1, 0.15) is 16.7 Å². The second-order valence-corrected chi connectivity index (χ2v) is 3.60. The zero-order chi connectivity index (χ0) is 9.97. The van der Waals surface area contributed by atoms with Gasteiger partial charge in [-0.1, -0.05) is 18.2 Å². The van der Waals surface area contributed by atoms with E-state index in [1.807, 2.05) is 12.1 Å². The molecular formula is C11H14ClNO2. The first-order chi connectivity index (χ1) is 6.75. The molecule has 2 N–H and O–H groups in total. The molecule has 0 atom stereocenters. The summed E-state index contributed by atoms with van der Waals surface area (Å²) in [6.45, 7) is 1.88. The Bertz CT molecular complexity index is 366. The number of nitrogens with one attached hydrogen (secondary N) is 1. The lowest BCUT2D eigenvalue weighted by molar-refractivity contribution is -0.136. The van der Waals surface area contributed by atoms with Gasteiger partial charge in [-0.2, -0.15) is 0 Å². The summed E-state index contributed by atoms with van der Waals surface area (Å²) < 4.78 is 0. The normalized spacial score (nSPS) is 13.9. The molecule has 0 radical (unpaired) electrons. The Balaban J connectivity index is 0.00000112. The van der Waals surface area contributed by atoms with Gasteiger partial charge < -0.3 is 10.4 Å². The minimum Gasteiger partial charge on any atom is -0.481 e. The van der Waals surface area contributed by atoms with Crippen LogP contribution in [-0.2, 0) is 24.2 Å². The summed E-state index contributed by atoms with van der Waals surface area (Å²) in [5, 5.41) is 11.9. The van der Waals surface area contributed by atoms with Gasteiger partial charge in [0.1, 0.15) is 0 Å². The number of hydrogen-bond donors (Lipinski definition) is 2. The summed E-state index contributed by atoms with van der Waals surface area (Å²) in [5.74, 6) is -0.770. The first kappa shape index (κ1) is 12.0. The summed E-state index contributed by atoms with van der Waals surface area (Å²) in [6.07, 6.45) is 1.16. The summed E-state index contributed by atoms with van der Waals surface area (Å²) in [6, 6.07) is 5.96. The fourth-order valence-corrected chi connectivity index (χ4v) is 1.82. The van der Waals surface area contributed by atoms with Gasteiger partial charge in [-0.05, 0) is 29.7 Å². The second kappa shape index (κ2) is 5.14. The molecule has 1 heterocycles. The lowest BCUT2D eigenvalue weighted by atomic mass is 9.97. The molecule has 1 aromatic carbocycles. The predicted octanol–water partition coefficient (Wildman–Crippen LogP) is 1.38. The minimum atomic E-state index is -0.770. The second-order valence-electron chi connectivity index (χ2n) is 3.60. The fourth-order valence-electron chi connectivity index (χ4n) is 1.82. The Morgan fingerprint density at radius 2 is 2.20 bits per heavy atom. The summed E-state index contributed by atoms with van der Waals surface area (Å²) in [5.41, 5.74) is 3.48. The zero-order valence-electron chi connectivity index (χ0n) is 8.32. The Morgan fingerprint density at radius 3 is 2.93 bits per heavy atom. The summed E-state index contributed by atoms with van der Waals surface area (Å²) in [4.78, 5) is 10.5. The van der Waals surface area contributed by atoms with Crippen LogP contribution in [0.5, 0.6) is 0 Å². The average molecular weight is 228 g/mol. The SMILES string of the molecule is Cl.O=C(O)Cc1ccc2c(c1)CNCC2. The first-order valence-electron chi connectivity index (χ1n) is 4.79. The van der Waals surface area contributed by atoms with Crippen molar-refractivity contribution in [2.24, 2.45) is 0 Å². The molecule has 2 rings (SSSR count). The molecule has 0 bridgehead atoms. The van der Waals surface area contributed by atoms with E-state index in [-0.39, 0.29) is 18.8 Å². The highest BCUT2D eigenvalue weighted by Gasteiger charge is 2.09. The number of halogens is 1. The van der Waals surface area contributed by atoms with Crippen molar-refractivity contribution in [3.8, 4) is 0 Å². The van der Waals surface area contributed by atoms with Crippen LogP contribution >= 0.6 is 12.4 Å². The predicted molar refractivity (Wildman–Crippen MR) is 60.4 cm³/mol. The maximum absolute atomic E-state index is 10.5. The highest BCUT2D eigenvalue weighted by atomic mass is 35.5. The highest BCUT2D eigenvalue weighted by molar-refractivity contribution is 5.85. The average Bonchev–Trinajstić information content (AvgIpc) is 2.17. The van der Waals surface area contributed by atoms with Crippen molar-refractivity contribution in [1.29, 1.82) is 0 Å². The Kier molecular flexibility index (Phi) is 4.12. The number of benzene rings is 1. The van der Waals surface area contributed by atoms with Gasteiger partial charge >= 0.3 is 5.97 Å². The molecule has 15 heavy (non-hydrogen) atoms. The van der Waals surface area contributed by atoms with E-state index in [1.54, 1.807) is 0 Å². The van der Waals surface area contributed by atoms with Crippen LogP contribution in [0, 0.1) is 0 Å². The molecular weight excluding hydrogens is 214 g/mol. The molecule has 1 aliphatic rings. The lowest BCUT2D eigenvalue weighted by Gasteiger charge is -2.17. The maximum atomic E-state index is 10.5. The van der Waals surface area contributed by atoms with Gasteiger partial charge in [-0.3, -0.25) is 4.79 Å². The van der Waals surface area contributed by atoms with E-state index in [1.165, 1.54) is 11.1 Å². The highest BCUT2D eigenvalue weighted by Crippen LogP contribution is 2.16. The van der Waals surface area contributed by atoms with Crippen LogP contribution in [0.2, 0.25) is 0 Å². The first-order valence-corrected chi connectivity index (χ1v) is 4.79. The third-order valence-corrected chi connectivity index (χ3v) is 2.51. The Morgan fingerprint density at radius 1 is 1.40 bits per heavy atom. The fraction of sp³-hybridized carbons (Fsp3) is 0.364. The van der Waals surface area contributed by atoms with Crippen molar-refractivity contribution in [3.63, 3.8) is 0 Å². The number of aliphatic carboxylic acids is 1. The van der Waals surface area contributed by atoms with E-state index in [2.05, 4.69) is 11.4 Å². The summed E-state index contributed by atoms with van der Waals surface area (Å²) in [7, 11) is 0. The van der Waals surface area contributed by atoms with Crippen molar-refractivity contribution >= 4 is 18.4 Å². The maximum Gasteiger partial charge on any atom is 0.307 e. The largest absolute Gasteiger partial charge is 0.481 e. The van der Waals surface area contributed by atoms with Crippen molar-refractivity contribution in [1.82, 2.24) is 5.32 Å². The molecule has 3 nitrogen and oxygen atoms in total. The van der Waals surface area contributed by atoms with Gasteiger partial charge in [0.15, 0.2) is 0 Å². The minimum absolute atomic E-state index is 0. The number of carboxylic acid groups (broad SMARTS) is 1. The number of hydrogen-bond acceptors (Lipinski definition) is 2. The smallest absolute Gasteiger partial charge is 0.307 e. The molecule has 0 saturated carbocycles. The van der Waals surface area contributed by atoms with E-state index >= 15 is 0 Å². The molecule has 4 heteroatoms. The molecule has 1 aliphatic heterocycles. The van der Waals surface area contributed by atoms with Crippen LogP contribution in [-0.4, -0.2) is 17.6 Å². The van der Waals surface area contributed by atoms with Gasteiger partial charge in [0, 0.05) is 6.54 Å². The standard InChI is InChI=1S/C11H13NO2.ClH/c13-11(14)6-8-1-2-9-3-4-12-7-10(9)5-8;/h1-2,5,12H,3-4,6-7H2,(H,13,14);1H. The van der Waals surface area contributed by atoms with Gasteiger partial charge in [-0.25, -0.2) is 0 Å². The van der Waals surface area contributed by atoms with Gasteiger partial charge in [0.2, 0.25) is 0 Å². The number of carbonyl (C=O) groups is 1. The molecule has 0 aliphatic carbocycles. The monoisotopic (exact) mass is 227 g/mol. The van der Waals surface area contributed by atoms with E-state index in [9.17, 15) is 4.79 Å². The number of fused-ring (bicyclic) bond motifs is 1. The molecule has 0 spiro atoms. The molecule has 0 saturated heterocycles.